The zero-order chi connectivity index (χ0) is 19.7. The van der Waals surface area contributed by atoms with E-state index >= 15 is 0 Å². The number of carbonyl (C=O) groups excluding carboxylic acids is 1. The summed E-state index contributed by atoms with van der Waals surface area (Å²) in [6.07, 6.45) is 0.765. The van der Waals surface area contributed by atoms with E-state index < -0.39 is 0 Å². The molecular formula is C21H23N5OS. The van der Waals surface area contributed by atoms with E-state index in [-0.39, 0.29) is 17.2 Å². The topological polar surface area (TPSA) is 71.8 Å². The molecule has 2 aromatic carbocycles. The zero-order valence-electron chi connectivity index (χ0n) is 16.1. The molecule has 0 saturated heterocycles. The quantitative estimate of drug-likeness (QED) is 0.704. The van der Waals surface area contributed by atoms with Gasteiger partial charge in [-0.2, -0.15) is 0 Å². The highest BCUT2D eigenvalue weighted by Gasteiger charge is 2.37. The van der Waals surface area contributed by atoms with Crippen LogP contribution in [0.4, 0.5) is 5.69 Å². The molecule has 6 nitrogen and oxygen atoms in total. The minimum absolute atomic E-state index is 0.0563. The predicted molar refractivity (Wildman–Crippen MR) is 112 cm³/mol. The lowest BCUT2D eigenvalue weighted by atomic mass is 10.0. The third kappa shape index (κ3) is 3.62. The van der Waals surface area contributed by atoms with Gasteiger partial charge in [0, 0.05) is 12.1 Å². The Morgan fingerprint density at radius 2 is 1.71 bits per heavy atom. The first-order chi connectivity index (χ1) is 13.5. The fourth-order valence-electron chi connectivity index (χ4n) is 3.20. The number of benzene rings is 2. The van der Waals surface area contributed by atoms with E-state index in [1.165, 1.54) is 17.3 Å². The van der Waals surface area contributed by atoms with E-state index in [0.717, 1.165) is 29.1 Å². The van der Waals surface area contributed by atoms with Gasteiger partial charge in [0.05, 0.1) is 6.04 Å². The molecule has 2 heterocycles. The van der Waals surface area contributed by atoms with Crippen LogP contribution in [0.25, 0.3) is 0 Å². The van der Waals surface area contributed by atoms with Crippen LogP contribution in [0, 0.1) is 13.8 Å². The number of hydrogen-bond donors (Lipinski definition) is 2. The Balaban J connectivity index is 1.66. The number of fused-ring (bicyclic) bond motifs is 1. The average Bonchev–Trinajstić information content (AvgIpc) is 3.11. The SMILES string of the molecule is CCc1nnc2n1NC(c1ccc(C)cc1)C(C(=O)Nc1ccc(C)cc1)S2. The van der Waals surface area contributed by atoms with Crippen molar-refractivity contribution < 1.29 is 4.79 Å². The highest BCUT2D eigenvalue weighted by Crippen LogP contribution is 2.37. The molecule has 1 amide bonds. The average molecular weight is 394 g/mol. The minimum atomic E-state index is -0.370. The molecule has 0 bridgehead atoms. The van der Waals surface area contributed by atoms with E-state index in [1.54, 1.807) is 0 Å². The molecule has 0 radical (unpaired) electrons. The molecule has 2 N–H and O–H groups in total. The van der Waals surface area contributed by atoms with Crippen molar-refractivity contribution in [2.75, 3.05) is 10.7 Å². The van der Waals surface area contributed by atoms with Gasteiger partial charge in [-0.05, 0) is 31.5 Å². The van der Waals surface area contributed by atoms with Crippen molar-refractivity contribution in [1.82, 2.24) is 14.9 Å². The molecule has 1 aliphatic rings. The van der Waals surface area contributed by atoms with Crippen LogP contribution in [-0.4, -0.2) is 26.0 Å². The van der Waals surface area contributed by atoms with Crippen molar-refractivity contribution in [3.63, 3.8) is 0 Å². The number of hydrogen-bond acceptors (Lipinski definition) is 5. The molecule has 4 rings (SSSR count). The third-order valence-corrected chi connectivity index (χ3v) is 6.05. The molecular weight excluding hydrogens is 370 g/mol. The number of amides is 1. The highest BCUT2D eigenvalue weighted by atomic mass is 32.2. The van der Waals surface area contributed by atoms with Crippen LogP contribution in [0.5, 0.6) is 0 Å². The summed E-state index contributed by atoms with van der Waals surface area (Å²) in [5.74, 6) is 0.802. The highest BCUT2D eigenvalue weighted by molar-refractivity contribution is 8.00. The first kappa shape index (κ1) is 18.6. The van der Waals surface area contributed by atoms with Crippen molar-refractivity contribution in [3.8, 4) is 0 Å². The van der Waals surface area contributed by atoms with Crippen molar-refractivity contribution in [3.05, 3.63) is 71.0 Å². The summed E-state index contributed by atoms with van der Waals surface area (Å²) in [5, 5.41) is 11.9. The lowest BCUT2D eigenvalue weighted by Crippen LogP contribution is -2.41. The van der Waals surface area contributed by atoms with Gasteiger partial charge < -0.3 is 10.7 Å². The second-order valence-electron chi connectivity index (χ2n) is 7.00. The van der Waals surface area contributed by atoms with E-state index in [0.29, 0.717) is 5.16 Å². The van der Waals surface area contributed by atoms with Gasteiger partial charge in [0.2, 0.25) is 11.1 Å². The Hall–Kier alpha value is -2.80. The summed E-state index contributed by atoms with van der Waals surface area (Å²) in [4.78, 5) is 13.2. The van der Waals surface area contributed by atoms with Gasteiger partial charge in [-0.25, -0.2) is 4.68 Å². The smallest absolute Gasteiger partial charge is 0.240 e. The van der Waals surface area contributed by atoms with Gasteiger partial charge in [0.1, 0.15) is 5.25 Å². The summed E-state index contributed by atoms with van der Waals surface area (Å²) in [5.41, 5.74) is 7.66. The van der Waals surface area contributed by atoms with E-state index in [1.807, 2.05) is 42.8 Å². The number of nitrogens with one attached hydrogen (secondary N) is 2. The van der Waals surface area contributed by atoms with E-state index in [4.69, 9.17) is 0 Å². The Labute approximate surface area is 168 Å². The van der Waals surface area contributed by atoms with Crippen LogP contribution in [0.3, 0.4) is 0 Å². The molecule has 0 spiro atoms. The molecule has 0 saturated carbocycles. The summed E-state index contributed by atoms with van der Waals surface area (Å²) in [7, 11) is 0. The first-order valence-corrected chi connectivity index (χ1v) is 10.2. The molecule has 1 aliphatic heterocycles. The largest absolute Gasteiger partial charge is 0.325 e. The maximum atomic E-state index is 13.2. The molecule has 2 atom stereocenters. The molecule has 144 valence electrons. The van der Waals surface area contributed by atoms with Crippen LogP contribution in [0.15, 0.2) is 53.7 Å². The summed E-state index contributed by atoms with van der Waals surface area (Å²) >= 11 is 1.45. The fraction of sp³-hybridized carbons (Fsp3) is 0.286. The second-order valence-corrected chi connectivity index (χ2v) is 8.11. The Morgan fingerprint density at radius 3 is 2.36 bits per heavy atom. The third-order valence-electron chi connectivity index (χ3n) is 4.83. The van der Waals surface area contributed by atoms with Gasteiger partial charge in [0.25, 0.3) is 0 Å². The molecule has 28 heavy (non-hydrogen) atoms. The van der Waals surface area contributed by atoms with Gasteiger partial charge in [-0.1, -0.05) is 66.2 Å². The molecule has 0 aliphatic carbocycles. The summed E-state index contributed by atoms with van der Waals surface area (Å²) < 4.78 is 1.91. The number of thioether (sulfide) groups is 1. The molecule has 0 fully saturated rings. The number of aryl methyl sites for hydroxylation is 3. The Bertz CT molecular complexity index is 981. The number of anilines is 1. The zero-order valence-corrected chi connectivity index (χ0v) is 17.0. The van der Waals surface area contributed by atoms with Gasteiger partial charge >= 0.3 is 0 Å². The molecule has 2 unspecified atom stereocenters. The monoisotopic (exact) mass is 393 g/mol. The summed E-state index contributed by atoms with van der Waals surface area (Å²) in [6, 6.07) is 15.9. The Morgan fingerprint density at radius 1 is 1.07 bits per heavy atom. The van der Waals surface area contributed by atoms with Crippen LogP contribution in [-0.2, 0) is 11.2 Å². The fourth-order valence-corrected chi connectivity index (χ4v) is 4.30. The predicted octanol–water partition coefficient (Wildman–Crippen LogP) is 3.86. The maximum Gasteiger partial charge on any atom is 0.240 e. The van der Waals surface area contributed by atoms with Crippen LogP contribution in [0.2, 0.25) is 0 Å². The van der Waals surface area contributed by atoms with Gasteiger partial charge in [0.15, 0.2) is 5.82 Å². The normalized spacial score (nSPS) is 18.2. The lowest BCUT2D eigenvalue weighted by Gasteiger charge is -2.33. The van der Waals surface area contributed by atoms with Gasteiger partial charge in [-0.3, -0.25) is 4.79 Å². The van der Waals surface area contributed by atoms with Crippen molar-refractivity contribution in [2.24, 2.45) is 0 Å². The number of nitrogens with zero attached hydrogens (tertiary/aromatic N) is 3. The maximum absolute atomic E-state index is 13.2. The minimum Gasteiger partial charge on any atom is -0.325 e. The first-order valence-electron chi connectivity index (χ1n) is 9.36. The van der Waals surface area contributed by atoms with Crippen molar-refractivity contribution >= 4 is 23.4 Å². The van der Waals surface area contributed by atoms with Crippen LogP contribution in [0.1, 0.15) is 35.5 Å². The second kappa shape index (κ2) is 7.67. The number of rotatable bonds is 4. The molecule has 1 aromatic heterocycles. The number of carbonyl (C=O) groups is 1. The molecule has 7 heteroatoms. The van der Waals surface area contributed by atoms with Crippen molar-refractivity contribution in [1.29, 1.82) is 0 Å². The van der Waals surface area contributed by atoms with Crippen LogP contribution < -0.4 is 10.7 Å². The Kier molecular flexibility index (Phi) is 5.09. The van der Waals surface area contributed by atoms with E-state index in [9.17, 15) is 4.79 Å². The standard InChI is InChI=1S/C21H23N5OS/c1-4-17-23-24-21-26(17)25-18(15-9-5-13(2)6-10-15)19(28-21)20(27)22-16-11-7-14(3)8-12-16/h5-12,18-19,25H,4H2,1-3H3,(H,22,27). The van der Waals surface area contributed by atoms with Crippen LogP contribution >= 0.6 is 11.8 Å². The lowest BCUT2D eigenvalue weighted by molar-refractivity contribution is -0.116. The van der Waals surface area contributed by atoms with E-state index in [2.05, 4.69) is 52.1 Å². The number of aromatic nitrogens is 3. The molecule has 3 aromatic rings. The van der Waals surface area contributed by atoms with Gasteiger partial charge in [-0.15, -0.1) is 10.2 Å². The summed E-state index contributed by atoms with van der Waals surface area (Å²) in [6.45, 7) is 6.13. The van der Waals surface area contributed by atoms with Crippen molar-refractivity contribution in [2.45, 2.75) is 43.6 Å².